The van der Waals surface area contributed by atoms with Crippen molar-refractivity contribution in [3.8, 4) is 0 Å². The molecule has 186 valence electrons. The fourth-order valence-corrected chi connectivity index (χ4v) is 1.86. The van der Waals surface area contributed by atoms with Crippen molar-refractivity contribution >= 4 is 0 Å². The van der Waals surface area contributed by atoms with Crippen molar-refractivity contribution in [2.45, 2.75) is 101 Å². The van der Waals surface area contributed by atoms with E-state index in [2.05, 4.69) is 71.4 Å². The van der Waals surface area contributed by atoms with Gasteiger partial charge in [0.15, 0.2) is 0 Å². The molecule has 3 aromatic heterocycles. The van der Waals surface area contributed by atoms with Gasteiger partial charge in [0.05, 0.1) is 0 Å². The van der Waals surface area contributed by atoms with Crippen molar-refractivity contribution in [3.05, 3.63) is 72.9 Å². The van der Waals surface area contributed by atoms with Crippen molar-refractivity contribution in [3.63, 3.8) is 0 Å². The molecule has 0 fully saturated rings. The first-order chi connectivity index (χ1) is 15.9. The number of hydrogen-bond acceptors (Lipinski definition) is 6. The second kappa shape index (κ2) is 25.5. The molecule has 3 aromatic rings. The Kier molecular flexibility index (Phi) is 26.9. The van der Waals surface area contributed by atoms with E-state index >= 15 is 0 Å². The highest BCUT2D eigenvalue weighted by molar-refractivity contribution is 5.06. The van der Waals surface area contributed by atoms with Crippen LogP contribution in [0.1, 0.15) is 118 Å². The summed E-state index contributed by atoms with van der Waals surface area (Å²) in [6, 6.07) is 3.76. The largest absolute Gasteiger partial charge is 0.245 e. The summed E-state index contributed by atoms with van der Waals surface area (Å²) in [5, 5.41) is 0. The van der Waals surface area contributed by atoms with Crippen LogP contribution in [0.2, 0.25) is 0 Å². The van der Waals surface area contributed by atoms with Crippen LogP contribution < -0.4 is 0 Å². The van der Waals surface area contributed by atoms with Gasteiger partial charge in [0.1, 0.15) is 18.5 Å². The molecule has 0 atom stereocenters. The molecule has 0 aliphatic heterocycles. The van der Waals surface area contributed by atoms with Gasteiger partial charge < -0.3 is 0 Å². The monoisotopic (exact) mass is 456 g/mol. The van der Waals surface area contributed by atoms with Gasteiger partial charge in [-0.2, -0.15) is 0 Å². The van der Waals surface area contributed by atoms with Gasteiger partial charge in [-0.05, 0) is 29.5 Å². The molecule has 0 amide bonds. The quantitative estimate of drug-likeness (QED) is 0.399. The Morgan fingerprint density at radius 1 is 0.545 bits per heavy atom. The molecule has 6 heteroatoms. The summed E-state index contributed by atoms with van der Waals surface area (Å²) in [4.78, 5) is 23.8. The van der Waals surface area contributed by atoms with E-state index in [0.717, 1.165) is 11.5 Å². The third kappa shape index (κ3) is 19.6. The molecular weight excluding hydrogens is 408 g/mol. The van der Waals surface area contributed by atoms with Crippen molar-refractivity contribution in [1.82, 2.24) is 29.9 Å². The summed E-state index contributed by atoms with van der Waals surface area (Å²) in [5.74, 6) is 2.39. The van der Waals surface area contributed by atoms with Crippen LogP contribution in [0.25, 0.3) is 0 Å². The number of hydrogen-bond donors (Lipinski definition) is 0. The van der Waals surface area contributed by atoms with Gasteiger partial charge in [-0.15, -0.1) is 0 Å². The van der Waals surface area contributed by atoms with Gasteiger partial charge in [0.25, 0.3) is 0 Å². The van der Waals surface area contributed by atoms with Crippen LogP contribution in [0.3, 0.4) is 0 Å². The summed E-state index contributed by atoms with van der Waals surface area (Å²) < 4.78 is 0. The van der Waals surface area contributed by atoms with E-state index in [1.807, 2.05) is 66.1 Å². The van der Waals surface area contributed by atoms with Gasteiger partial charge >= 0.3 is 0 Å². The predicted molar refractivity (Wildman–Crippen MR) is 142 cm³/mol. The van der Waals surface area contributed by atoms with Crippen LogP contribution in [-0.2, 0) is 0 Å². The van der Waals surface area contributed by atoms with Crippen molar-refractivity contribution < 1.29 is 0 Å². The molecule has 0 aliphatic rings. The Labute approximate surface area is 203 Å². The Hall–Kier alpha value is -2.76. The molecule has 0 bridgehead atoms. The lowest BCUT2D eigenvalue weighted by atomic mass is 10.1. The zero-order valence-electron chi connectivity index (χ0n) is 23.1. The molecule has 0 saturated carbocycles. The summed E-state index contributed by atoms with van der Waals surface area (Å²) in [7, 11) is 0. The Bertz CT molecular complexity index is 614. The lowest BCUT2D eigenvalue weighted by molar-refractivity contribution is 0.774. The van der Waals surface area contributed by atoms with Crippen LogP contribution >= 0.6 is 0 Å². The molecule has 0 N–H and O–H groups in total. The molecule has 0 spiro atoms. The molecule has 6 nitrogen and oxygen atoms in total. The highest BCUT2D eigenvalue weighted by Crippen LogP contribution is 2.09. The summed E-state index contributed by atoms with van der Waals surface area (Å²) in [6.07, 6.45) is 12.1. The van der Waals surface area contributed by atoms with E-state index in [4.69, 9.17) is 0 Å². The normalized spacial score (nSPS) is 8.82. The Morgan fingerprint density at radius 2 is 1.06 bits per heavy atom. The summed E-state index contributed by atoms with van der Waals surface area (Å²) >= 11 is 0. The lowest BCUT2D eigenvalue weighted by Crippen LogP contribution is -1.93. The van der Waals surface area contributed by atoms with Crippen LogP contribution in [0, 0.1) is 0 Å². The Morgan fingerprint density at radius 3 is 1.33 bits per heavy atom. The maximum atomic E-state index is 4.07. The number of nitrogens with zero attached hydrogens (tertiary/aromatic N) is 6. The van der Waals surface area contributed by atoms with Gasteiger partial charge in [-0.1, -0.05) is 83.1 Å². The molecule has 0 aromatic carbocycles. The van der Waals surface area contributed by atoms with Gasteiger partial charge in [0.2, 0.25) is 0 Å². The standard InChI is InChI=1S/3C7H10N2.3C2H6/c1-6(2)7-3-8-5-9-4-7;1-6(2)7-3-4-8-5-9-7;1-6(2)7-8-4-3-5-9-7;3*1-2/h3*3-6H,1-2H3;3*1-2H3. The zero-order valence-corrected chi connectivity index (χ0v) is 23.1. The minimum absolute atomic E-state index is 0.436. The molecule has 0 aliphatic carbocycles. The average Bonchev–Trinajstić information content (AvgIpc) is 2.90. The van der Waals surface area contributed by atoms with Crippen LogP contribution in [0.4, 0.5) is 0 Å². The molecule has 0 saturated heterocycles. The zero-order chi connectivity index (χ0) is 26.1. The Balaban J connectivity index is -0.000000367. The van der Waals surface area contributed by atoms with E-state index in [0.29, 0.717) is 17.8 Å². The lowest BCUT2D eigenvalue weighted by Gasteiger charge is -1.99. The van der Waals surface area contributed by atoms with Crippen molar-refractivity contribution in [2.24, 2.45) is 0 Å². The SMILES string of the molecule is CC.CC.CC.CC(C)c1ccncn1.CC(C)c1cncnc1.CC(C)c1ncccn1. The first-order valence-corrected chi connectivity index (χ1v) is 12.2. The van der Waals surface area contributed by atoms with Crippen molar-refractivity contribution in [2.75, 3.05) is 0 Å². The van der Waals surface area contributed by atoms with Crippen molar-refractivity contribution in [1.29, 1.82) is 0 Å². The summed E-state index contributed by atoms with van der Waals surface area (Å²) in [6.45, 7) is 24.6. The third-order valence-corrected chi connectivity index (χ3v) is 3.55. The minimum atomic E-state index is 0.436. The van der Waals surface area contributed by atoms with Gasteiger partial charge in [0, 0.05) is 42.6 Å². The highest BCUT2D eigenvalue weighted by Gasteiger charge is 1.98. The third-order valence-electron chi connectivity index (χ3n) is 3.55. The maximum Gasteiger partial charge on any atom is 0.130 e. The van der Waals surface area contributed by atoms with E-state index in [9.17, 15) is 0 Å². The fourth-order valence-electron chi connectivity index (χ4n) is 1.86. The number of rotatable bonds is 3. The fraction of sp³-hybridized carbons (Fsp3) is 0.556. The van der Waals surface area contributed by atoms with E-state index in [1.165, 1.54) is 5.56 Å². The summed E-state index contributed by atoms with van der Waals surface area (Å²) in [5.41, 5.74) is 2.29. The van der Waals surface area contributed by atoms with E-state index in [1.54, 1.807) is 31.2 Å². The molecule has 3 rings (SSSR count). The smallest absolute Gasteiger partial charge is 0.130 e. The van der Waals surface area contributed by atoms with Crippen LogP contribution in [0.5, 0.6) is 0 Å². The number of aromatic nitrogens is 6. The molecule has 0 unspecified atom stereocenters. The first kappa shape index (κ1) is 34.8. The van der Waals surface area contributed by atoms with Gasteiger partial charge in [-0.25, -0.2) is 29.9 Å². The van der Waals surface area contributed by atoms with Crippen LogP contribution in [-0.4, -0.2) is 29.9 Å². The first-order valence-electron chi connectivity index (χ1n) is 12.2. The molecular formula is C27H48N6. The highest BCUT2D eigenvalue weighted by atomic mass is 14.9. The molecule has 33 heavy (non-hydrogen) atoms. The maximum absolute atomic E-state index is 4.07. The van der Waals surface area contributed by atoms with E-state index < -0.39 is 0 Å². The van der Waals surface area contributed by atoms with Crippen LogP contribution in [0.15, 0.2) is 55.8 Å². The molecule has 0 radical (unpaired) electrons. The minimum Gasteiger partial charge on any atom is -0.245 e. The van der Waals surface area contributed by atoms with Gasteiger partial charge in [-0.3, -0.25) is 0 Å². The second-order valence-corrected chi connectivity index (χ2v) is 6.88. The van der Waals surface area contributed by atoms with E-state index in [-0.39, 0.29) is 0 Å². The second-order valence-electron chi connectivity index (χ2n) is 6.88. The molecule has 3 heterocycles. The average molecular weight is 457 g/mol. The topological polar surface area (TPSA) is 77.3 Å². The predicted octanol–water partition coefficient (Wildman–Crippen LogP) is 7.88.